The van der Waals surface area contributed by atoms with Crippen LogP contribution in [0.1, 0.15) is 226 Å². The van der Waals surface area contributed by atoms with E-state index >= 15 is 0 Å². The zero-order chi connectivity index (χ0) is 47.2. The van der Waals surface area contributed by atoms with Crippen LogP contribution in [0.4, 0.5) is 0 Å². The normalized spacial score (nSPS) is 13.0. The topological polar surface area (TPSA) is 78.9 Å². The Kier molecular flexibility index (Phi) is 49.5. The molecule has 0 rings (SSSR count). The van der Waals surface area contributed by atoms with Crippen molar-refractivity contribution in [3.63, 3.8) is 0 Å². The van der Waals surface area contributed by atoms with Gasteiger partial charge in [0.1, 0.15) is 13.2 Å². The van der Waals surface area contributed by atoms with Crippen LogP contribution in [0.3, 0.4) is 0 Å². The average molecular weight is 901 g/mol. The lowest BCUT2D eigenvalue weighted by molar-refractivity contribution is -0.167. The summed E-state index contributed by atoms with van der Waals surface area (Å²) in [6, 6.07) is 0. The molecule has 0 aliphatic carbocycles. The van der Waals surface area contributed by atoms with Gasteiger partial charge in [0.05, 0.1) is 0 Å². The van der Waals surface area contributed by atoms with E-state index in [2.05, 4.69) is 130 Å². The number of ether oxygens (including phenoxy) is 3. The highest BCUT2D eigenvalue weighted by molar-refractivity contribution is 5.71. The first-order valence-electron chi connectivity index (χ1n) is 26.4. The smallest absolute Gasteiger partial charge is 0.306 e. The molecule has 0 bridgehead atoms. The van der Waals surface area contributed by atoms with Gasteiger partial charge >= 0.3 is 17.9 Å². The van der Waals surface area contributed by atoms with Crippen molar-refractivity contribution in [3.8, 4) is 0 Å². The molecule has 0 radical (unpaired) electrons. The van der Waals surface area contributed by atoms with E-state index < -0.39 is 6.10 Å². The minimum atomic E-state index is -0.816. The van der Waals surface area contributed by atoms with Crippen LogP contribution in [0.15, 0.2) is 109 Å². The maximum Gasteiger partial charge on any atom is 0.306 e. The second-order valence-electron chi connectivity index (χ2n) is 17.0. The van der Waals surface area contributed by atoms with E-state index in [1.807, 2.05) is 0 Å². The van der Waals surface area contributed by atoms with Crippen molar-refractivity contribution in [1.29, 1.82) is 0 Å². The lowest BCUT2D eigenvalue weighted by atomic mass is 10.1. The van der Waals surface area contributed by atoms with E-state index in [0.29, 0.717) is 19.3 Å². The molecule has 0 heterocycles. The molecular weight excluding hydrogens is 805 g/mol. The van der Waals surface area contributed by atoms with E-state index in [-0.39, 0.29) is 37.5 Å². The third-order valence-electron chi connectivity index (χ3n) is 10.7. The molecule has 0 saturated heterocycles. The number of esters is 3. The maximum absolute atomic E-state index is 12.8. The standard InChI is InChI=1S/C59H96O6/c1-4-7-10-13-16-19-22-25-27-29-31-34-36-39-42-45-48-51-57(60)63-54-56(65-59(62)53-50-47-44-41-38-33-24-21-18-15-12-9-6-3)55-64-58(61)52-49-46-43-40-37-35-32-30-28-26-23-20-17-14-11-8-5-2/h7,10,16-17,19-21,24-28,31-32,34-35,39,42,56H,4-6,8-9,11-15,18,22-23,29-30,33,36-38,40-41,43-55H2,1-3H3/b10-7-,19-16-,20-17-,24-21-,27-25-,28-26-,34-31-,35-32-,42-39-/t56-/m1/s1. The Morgan fingerprint density at radius 2 is 0.615 bits per heavy atom. The van der Waals surface area contributed by atoms with Crippen molar-refractivity contribution in [3.05, 3.63) is 109 Å². The monoisotopic (exact) mass is 901 g/mol. The Labute approximate surface area is 400 Å². The minimum absolute atomic E-state index is 0.113. The molecule has 0 aliphatic rings. The number of hydrogen-bond donors (Lipinski definition) is 0. The molecule has 0 aliphatic heterocycles. The van der Waals surface area contributed by atoms with Gasteiger partial charge in [-0.25, -0.2) is 0 Å². The summed E-state index contributed by atoms with van der Waals surface area (Å²) < 4.78 is 16.7. The van der Waals surface area contributed by atoms with Crippen molar-refractivity contribution < 1.29 is 28.6 Å². The number of carbonyl (C=O) groups excluding carboxylic acids is 3. The first kappa shape index (κ1) is 61.1. The SMILES string of the molecule is CC/C=C\C/C=C\C/C=C\C/C=C\C/C=C\CCCC(=O)OC[C@H](COC(=O)CCCCCC/C=C\C/C=C\C/C=C\CCCCC)OC(=O)CCCCCCC/C=C\CCCCCC. The lowest BCUT2D eigenvalue weighted by Crippen LogP contribution is -2.30. The van der Waals surface area contributed by atoms with Crippen LogP contribution in [0.5, 0.6) is 0 Å². The van der Waals surface area contributed by atoms with E-state index in [4.69, 9.17) is 14.2 Å². The highest BCUT2D eigenvalue weighted by Gasteiger charge is 2.19. The van der Waals surface area contributed by atoms with Crippen LogP contribution < -0.4 is 0 Å². The van der Waals surface area contributed by atoms with Crippen LogP contribution in [0.25, 0.3) is 0 Å². The van der Waals surface area contributed by atoms with Gasteiger partial charge in [-0.1, -0.05) is 194 Å². The van der Waals surface area contributed by atoms with Crippen LogP contribution in [-0.2, 0) is 28.6 Å². The molecule has 0 aromatic rings. The van der Waals surface area contributed by atoms with Gasteiger partial charge in [0, 0.05) is 19.3 Å². The molecule has 0 aromatic carbocycles. The lowest BCUT2D eigenvalue weighted by Gasteiger charge is -2.18. The molecule has 0 spiro atoms. The van der Waals surface area contributed by atoms with Gasteiger partial charge < -0.3 is 14.2 Å². The number of rotatable bonds is 46. The summed E-state index contributed by atoms with van der Waals surface area (Å²) in [5, 5.41) is 0. The predicted octanol–water partition coefficient (Wildman–Crippen LogP) is 17.5. The van der Waals surface area contributed by atoms with Gasteiger partial charge in [0.2, 0.25) is 0 Å². The minimum Gasteiger partial charge on any atom is -0.462 e. The Hall–Kier alpha value is -3.93. The molecule has 0 fully saturated rings. The molecule has 0 aromatic heterocycles. The van der Waals surface area contributed by atoms with Crippen LogP contribution in [0, 0.1) is 0 Å². The maximum atomic E-state index is 12.8. The molecule has 0 N–H and O–H groups in total. The molecular formula is C59H96O6. The van der Waals surface area contributed by atoms with Gasteiger partial charge in [-0.15, -0.1) is 0 Å². The van der Waals surface area contributed by atoms with E-state index in [1.54, 1.807) is 0 Å². The molecule has 0 amide bonds. The summed E-state index contributed by atoms with van der Waals surface area (Å²) in [4.78, 5) is 38.0. The van der Waals surface area contributed by atoms with Crippen molar-refractivity contribution >= 4 is 17.9 Å². The Morgan fingerprint density at radius 3 is 1.05 bits per heavy atom. The molecule has 1 atom stereocenters. The molecule has 6 nitrogen and oxygen atoms in total. The predicted molar refractivity (Wildman–Crippen MR) is 279 cm³/mol. The summed E-state index contributed by atoms with van der Waals surface area (Å²) in [6.45, 7) is 6.39. The van der Waals surface area contributed by atoms with Crippen LogP contribution in [-0.4, -0.2) is 37.2 Å². The van der Waals surface area contributed by atoms with Gasteiger partial charge in [-0.05, 0) is 122 Å². The Balaban J connectivity index is 4.53. The zero-order valence-electron chi connectivity index (χ0n) is 42.0. The Morgan fingerprint density at radius 1 is 0.323 bits per heavy atom. The van der Waals surface area contributed by atoms with Gasteiger partial charge in [-0.3, -0.25) is 14.4 Å². The highest BCUT2D eigenvalue weighted by atomic mass is 16.6. The molecule has 6 heteroatoms. The third kappa shape index (κ3) is 50.9. The first-order valence-corrected chi connectivity index (χ1v) is 26.4. The average Bonchev–Trinajstić information content (AvgIpc) is 3.30. The molecule has 0 unspecified atom stereocenters. The summed E-state index contributed by atoms with van der Waals surface area (Å²) in [5.74, 6) is -1.01. The fourth-order valence-electron chi connectivity index (χ4n) is 6.77. The van der Waals surface area contributed by atoms with Crippen molar-refractivity contribution in [2.45, 2.75) is 232 Å². The summed E-state index contributed by atoms with van der Waals surface area (Å²) in [7, 11) is 0. The van der Waals surface area contributed by atoms with Crippen LogP contribution in [0.2, 0.25) is 0 Å². The van der Waals surface area contributed by atoms with Crippen molar-refractivity contribution in [2.24, 2.45) is 0 Å². The van der Waals surface area contributed by atoms with Crippen molar-refractivity contribution in [1.82, 2.24) is 0 Å². The first-order chi connectivity index (χ1) is 32.0. The molecule has 368 valence electrons. The van der Waals surface area contributed by atoms with Gasteiger partial charge in [0.15, 0.2) is 6.10 Å². The van der Waals surface area contributed by atoms with E-state index in [0.717, 1.165) is 116 Å². The highest BCUT2D eigenvalue weighted by Crippen LogP contribution is 2.12. The second kappa shape index (κ2) is 52.7. The largest absolute Gasteiger partial charge is 0.462 e. The van der Waals surface area contributed by atoms with Crippen molar-refractivity contribution in [2.75, 3.05) is 13.2 Å². The fraction of sp³-hybridized carbons (Fsp3) is 0.644. The van der Waals surface area contributed by atoms with E-state index in [9.17, 15) is 14.4 Å². The summed E-state index contributed by atoms with van der Waals surface area (Å²) in [6.07, 6.45) is 70.7. The zero-order valence-corrected chi connectivity index (χ0v) is 42.0. The van der Waals surface area contributed by atoms with Gasteiger partial charge in [-0.2, -0.15) is 0 Å². The van der Waals surface area contributed by atoms with Crippen LogP contribution >= 0.6 is 0 Å². The second-order valence-corrected chi connectivity index (χ2v) is 17.0. The van der Waals surface area contributed by atoms with Gasteiger partial charge in [0.25, 0.3) is 0 Å². The number of unbranched alkanes of at least 4 members (excludes halogenated alkanes) is 17. The molecule has 65 heavy (non-hydrogen) atoms. The number of hydrogen-bond acceptors (Lipinski definition) is 6. The Bertz CT molecular complexity index is 1360. The fourth-order valence-corrected chi connectivity index (χ4v) is 6.77. The summed E-state index contributed by atoms with van der Waals surface area (Å²) >= 11 is 0. The quantitative estimate of drug-likeness (QED) is 0.0262. The third-order valence-corrected chi connectivity index (χ3v) is 10.7. The number of carbonyl (C=O) groups is 3. The van der Waals surface area contributed by atoms with E-state index in [1.165, 1.54) is 64.2 Å². The summed E-state index contributed by atoms with van der Waals surface area (Å²) in [5.41, 5.74) is 0. The molecule has 0 saturated carbocycles. The number of allylic oxidation sites excluding steroid dienone is 18.